The quantitative estimate of drug-likeness (QED) is 0.743. The summed E-state index contributed by atoms with van der Waals surface area (Å²) in [7, 11) is 3.69. The summed E-state index contributed by atoms with van der Waals surface area (Å²) >= 11 is 7.28. The highest BCUT2D eigenvalue weighted by atomic mass is 79.9. The van der Waals surface area contributed by atoms with E-state index in [2.05, 4.69) is 68.4 Å². The van der Waals surface area contributed by atoms with Crippen LogP contribution in [0.5, 0.6) is 5.75 Å². The maximum absolute atomic E-state index is 5.32. The van der Waals surface area contributed by atoms with E-state index in [4.69, 9.17) is 4.74 Å². The Morgan fingerprint density at radius 1 is 1.10 bits per heavy atom. The van der Waals surface area contributed by atoms with Gasteiger partial charge in [-0.25, -0.2) is 0 Å². The Bertz CT molecular complexity index is 628. The lowest BCUT2D eigenvalue weighted by Gasteiger charge is -2.20. The monoisotopic (exact) mass is 411 g/mol. The maximum Gasteiger partial charge on any atom is 0.119 e. The van der Waals surface area contributed by atoms with Gasteiger partial charge in [0, 0.05) is 15.0 Å². The summed E-state index contributed by atoms with van der Waals surface area (Å²) in [5.41, 5.74) is 3.76. The van der Waals surface area contributed by atoms with Crippen molar-refractivity contribution in [3.8, 4) is 5.75 Å². The number of likely N-dealkylation sites (N-methyl/N-ethyl adjacent to an activating group) is 1. The molecule has 4 heteroatoms. The first kappa shape index (κ1) is 16.5. The molecule has 0 amide bonds. The molecule has 1 atom stereocenters. The zero-order valence-corrected chi connectivity index (χ0v) is 15.6. The Labute approximate surface area is 143 Å². The van der Waals surface area contributed by atoms with Crippen LogP contribution in [0.1, 0.15) is 22.7 Å². The van der Waals surface area contributed by atoms with E-state index in [-0.39, 0.29) is 6.04 Å². The molecular formula is C17H19Br2NO. The van der Waals surface area contributed by atoms with Crippen molar-refractivity contribution in [1.29, 1.82) is 0 Å². The highest BCUT2D eigenvalue weighted by molar-refractivity contribution is 9.10. The van der Waals surface area contributed by atoms with E-state index in [1.807, 2.05) is 19.2 Å². The van der Waals surface area contributed by atoms with Crippen LogP contribution in [0.3, 0.4) is 0 Å². The summed E-state index contributed by atoms with van der Waals surface area (Å²) in [5, 5.41) is 3.41. The molecule has 2 aromatic rings. The molecule has 0 heterocycles. The number of benzene rings is 2. The molecule has 1 N–H and O–H groups in total. The molecule has 0 radical (unpaired) electrons. The second kappa shape index (κ2) is 7.43. The third-order valence-electron chi connectivity index (χ3n) is 3.55. The van der Waals surface area contributed by atoms with Crippen LogP contribution in [0, 0.1) is 6.92 Å². The first-order valence-electron chi connectivity index (χ1n) is 6.81. The summed E-state index contributed by atoms with van der Waals surface area (Å²) < 4.78 is 7.56. The Morgan fingerprint density at radius 3 is 2.48 bits per heavy atom. The molecule has 21 heavy (non-hydrogen) atoms. The third kappa shape index (κ3) is 4.09. The number of halogens is 2. The van der Waals surface area contributed by atoms with Gasteiger partial charge in [-0.05, 0) is 55.8 Å². The molecule has 0 saturated carbocycles. The normalized spacial score (nSPS) is 12.2. The van der Waals surface area contributed by atoms with Gasteiger partial charge in [-0.2, -0.15) is 0 Å². The van der Waals surface area contributed by atoms with E-state index in [9.17, 15) is 0 Å². The van der Waals surface area contributed by atoms with Crippen molar-refractivity contribution < 1.29 is 4.74 Å². The summed E-state index contributed by atoms with van der Waals surface area (Å²) in [6.45, 7) is 2.12. The van der Waals surface area contributed by atoms with E-state index < -0.39 is 0 Å². The molecule has 2 aromatic carbocycles. The highest BCUT2D eigenvalue weighted by Crippen LogP contribution is 2.30. The van der Waals surface area contributed by atoms with Gasteiger partial charge in [0.1, 0.15) is 5.75 Å². The topological polar surface area (TPSA) is 21.3 Å². The molecule has 0 spiro atoms. The first-order chi connectivity index (χ1) is 10.0. The Kier molecular flexibility index (Phi) is 5.85. The van der Waals surface area contributed by atoms with Crippen molar-refractivity contribution in [1.82, 2.24) is 5.32 Å². The van der Waals surface area contributed by atoms with Crippen LogP contribution in [-0.4, -0.2) is 14.2 Å². The van der Waals surface area contributed by atoms with Crippen LogP contribution in [0.15, 0.2) is 45.3 Å². The Balaban J connectivity index is 2.33. The minimum atomic E-state index is 0.239. The molecule has 1 unspecified atom stereocenters. The molecule has 0 bridgehead atoms. The lowest BCUT2D eigenvalue weighted by atomic mass is 9.97. The van der Waals surface area contributed by atoms with Gasteiger partial charge in [0.25, 0.3) is 0 Å². The van der Waals surface area contributed by atoms with Gasteiger partial charge in [0.15, 0.2) is 0 Å². The second-order valence-electron chi connectivity index (χ2n) is 5.03. The fourth-order valence-electron chi connectivity index (χ4n) is 2.35. The number of ether oxygens (including phenoxy) is 1. The third-order valence-corrected chi connectivity index (χ3v) is 5.05. The fourth-order valence-corrected chi connectivity index (χ4v) is 3.28. The van der Waals surface area contributed by atoms with Crippen LogP contribution < -0.4 is 10.1 Å². The predicted octanol–water partition coefficient (Wildman–Crippen LogP) is 5.03. The van der Waals surface area contributed by atoms with E-state index in [1.54, 1.807) is 7.11 Å². The van der Waals surface area contributed by atoms with Gasteiger partial charge in [-0.3, -0.25) is 0 Å². The average molecular weight is 413 g/mol. The van der Waals surface area contributed by atoms with E-state index in [1.165, 1.54) is 16.7 Å². The number of methoxy groups -OCH3 is 1. The van der Waals surface area contributed by atoms with Crippen LogP contribution in [0.25, 0.3) is 0 Å². The summed E-state index contributed by atoms with van der Waals surface area (Å²) in [5.74, 6) is 0.881. The van der Waals surface area contributed by atoms with Gasteiger partial charge < -0.3 is 10.1 Å². The molecule has 0 saturated heterocycles. The van der Waals surface area contributed by atoms with Gasteiger partial charge in [0.2, 0.25) is 0 Å². The van der Waals surface area contributed by atoms with E-state index in [0.717, 1.165) is 21.1 Å². The molecule has 2 rings (SSSR count). The van der Waals surface area contributed by atoms with Gasteiger partial charge in [0.05, 0.1) is 7.11 Å². The molecule has 0 aliphatic heterocycles. The largest absolute Gasteiger partial charge is 0.497 e. The Morgan fingerprint density at radius 2 is 1.81 bits per heavy atom. The van der Waals surface area contributed by atoms with Crippen molar-refractivity contribution in [3.05, 3.63) is 62.0 Å². The number of rotatable bonds is 5. The molecule has 0 fully saturated rings. The second-order valence-corrected chi connectivity index (χ2v) is 6.74. The van der Waals surface area contributed by atoms with Crippen LogP contribution in [0.2, 0.25) is 0 Å². The SMILES string of the molecule is CNC(Cc1cc(OC)ccc1Br)c1cc(C)ccc1Br. The Hall–Kier alpha value is -0.840. The van der Waals surface area contributed by atoms with Gasteiger partial charge in [-0.15, -0.1) is 0 Å². The first-order valence-corrected chi connectivity index (χ1v) is 8.39. The number of hydrogen-bond donors (Lipinski definition) is 1. The zero-order valence-electron chi connectivity index (χ0n) is 12.4. The van der Waals surface area contributed by atoms with Crippen molar-refractivity contribution in [2.24, 2.45) is 0 Å². The lowest BCUT2D eigenvalue weighted by molar-refractivity contribution is 0.413. The molecule has 112 valence electrons. The standard InChI is InChI=1S/C17H19Br2NO/c1-11-4-6-16(19)14(8-11)17(20-2)10-12-9-13(21-3)5-7-15(12)18/h4-9,17,20H,10H2,1-3H3. The number of aryl methyl sites for hydroxylation is 1. The minimum absolute atomic E-state index is 0.239. The van der Waals surface area contributed by atoms with Crippen LogP contribution in [-0.2, 0) is 6.42 Å². The van der Waals surface area contributed by atoms with Gasteiger partial charge >= 0.3 is 0 Å². The fraction of sp³-hybridized carbons (Fsp3) is 0.294. The van der Waals surface area contributed by atoms with Crippen molar-refractivity contribution in [3.63, 3.8) is 0 Å². The maximum atomic E-state index is 5.32. The molecule has 0 aliphatic carbocycles. The van der Waals surface area contributed by atoms with E-state index >= 15 is 0 Å². The smallest absolute Gasteiger partial charge is 0.119 e. The van der Waals surface area contributed by atoms with Gasteiger partial charge in [-0.1, -0.05) is 49.6 Å². The average Bonchev–Trinajstić information content (AvgIpc) is 2.49. The molecule has 2 nitrogen and oxygen atoms in total. The number of nitrogens with one attached hydrogen (secondary N) is 1. The molecule has 0 aromatic heterocycles. The minimum Gasteiger partial charge on any atom is -0.497 e. The summed E-state index contributed by atoms with van der Waals surface area (Å²) in [6.07, 6.45) is 0.885. The molecule has 0 aliphatic rings. The van der Waals surface area contributed by atoms with Crippen LogP contribution in [0.4, 0.5) is 0 Å². The van der Waals surface area contributed by atoms with Crippen molar-refractivity contribution in [2.45, 2.75) is 19.4 Å². The number of hydrogen-bond acceptors (Lipinski definition) is 2. The van der Waals surface area contributed by atoms with Crippen LogP contribution >= 0.6 is 31.9 Å². The zero-order chi connectivity index (χ0) is 15.4. The summed E-state index contributed by atoms with van der Waals surface area (Å²) in [6, 6.07) is 12.8. The lowest BCUT2D eigenvalue weighted by Crippen LogP contribution is -2.19. The van der Waals surface area contributed by atoms with Crippen molar-refractivity contribution >= 4 is 31.9 Å². The molecular weight excluding hydrogens is 394 g/mol. The summed E-state index contributed by atoms with van der Waals surface area (Å²) in [4.78, 5) is 0. The van der Waals surface area contributed by atoms with E-state index in [0.29, 0.717) is 0 Å². The highest BCUT2D eigenvalue weighted by Gasteiger charge is 2.15. The van der Waals surface area contributed by atoms with Crippen molar-refractivity contribution in [2.75, 3.05) is 14.2 Å². The predicted molar refractivity (Wildman–Crippen MR) is 95.1 cm³/mol.